The predicted octanol–water partition coefficient (Wildman–Crippen LogP) is 14.6. The van der Waals surface area contributed by atoms with E-state index in [4.69, 9.17) is 0 Å². The molecule has 0 aliphatic heterocycles. The molecule has 0 heteroatoms. The van der Waals surface area contributed by atoms with Gasteiger partial charge in [0.25, 0.3) is 0 Å². The Morgan fingerprint density at radius 1 is 0.236 bits per heavy atom. The molecule has 0 saturated heterocycles. The van der Waals surface area contributed by atoms with Gasteiger partial charge < -0.3 is 0 Å². The molecule has 11 aromatic rings. The maximum absolute atomic E-state index is 2.49. The molecule has 55 heavy (non-hydrogen) atoms. The van der Waals surface area contributed by atoms with Crippen LogP contribution in [0.25, 0.3) is 87.2 Å². The van der Waals surface area contributed by atoms with Crippen LogP contribution in [-0.2, 0) is 5.41 Å². The SMILES string of the molecule is c1ccc(C2(c3ccccc3)c3cc(-c4cc5ccc6cc(-c7ccc8ccccc8c7)cc7ccc(c4)c5c67)ccc3-c3cc4ccccc4cc32)cc1. The third kappa shape index (κ3) is 4.40. The first-order valence-electron chi connectivity index (χ1n) is 19.2. The van der Waals surface area contributed by atoms with E-state index in [1.54, 1.807) is 0 Å². The first kappa shape index (κ1) is 30.4. The molecule has 1 aliphatic rings. The molecule has 11 aromatic carbocycles. The summed E-state index contributed by atoms with van der Waals surface area (Å²) in [5.74, 6) is 0. The highest BCUT2D eigenvalue weighted by atomic mass is 14.5. The maximum Gasteiger partial charge on any atom is 0.0714 e. The molecule has 254 valence electrons. The Bertz CT molecular complexity index is 3190. The van der Waals surface area contributed by atoms with Crippen molar-refractivity contribution in [2.75, 3.05) is 0 Å². The van der Waals surface area contributed by atoms with Crippen LogP contribution in [0, 0.1) is 0 Å². The molecule has 0 amide bonds. The van der Waals surface area contributed by atoms with Crippen LogP contribution in [0.15, 0.2) is 206 Å². The third-order valence-electron chi connectivity index (χ3n) is 12.4. The highest BCUT2D eigenvalue weighted by Gasteiger charge is 2.46. The zero-order valence-corrected chi connectivity index (χ0v) is 30.1. The summed E-state index contributed by atoms with van der Waals surface area (Å²) in [5.41, 5.74) is 12.4. The van der Waals surface area contributed by atoms with E-state index in [0.29, 0.717) is 0 Å². The standard InChI is InChI=1S/C55H34/c1-3-15-47(16-4-1)55(48-17-5-2-6-18-48)51-34-40(25-26-49(51)50-32-37-13-9-10-14-38(37)33-52(50)55)46-30-43-23-21-41-28-45(29-42-22-24-44(31-46)54(43)53(41)42)39-20-19-35-11-7-8-12-36(35)27-39/h1-34H. The number of fused-ring (bicyclic) bond motifs is 5. The van der Waals surface area contributed by atoms with Crippen molar-refractivity contribution in [1.82, 2.24) is 0 Å². The van der Waals surface area contributed by atoms with Crippen LogP contribution < -0.4 is 0 Å². The third-order valence-corrected chi connectivity index (χ3v) is 12.4. The van der Waals surface area contributed by atoms with E-state index in [2.05, 4.69) is 206 Å². The molecule has 0 aromatic heterocycles. The molecule has 0 heterocycles. The lowest BCUT2D eigenvalue weighted by Gasteiger charge is -2.34. The second-order valence-electron chi connectivity index (χ2n) is 15.3. The van der Waals surface area contributed by atoms with Crippen molar-refractivity contribution in [3.8, 4) is 33.4 Å². The molecule has 0 unspecified atom stereocenters. The molecule has 0 atom stereocenters. The highest BCUT2D eigenvalue weighted by molar-refractivity contribution is 6.24. The zero-order chi connectivity index (χ0) is 36.1. The normalized spacial score (nSPS) is 13.2. The van der Waals surface area contributed by atoms with Crippen molar-refractivity contribution in [3.05, 3.63) is 229 Å². The monoisotopic (exact) mass is 694 g/mol. The van der Waals surface area contributed by atoms with Crippen molar-refractivity contribution in [2.45, 2.75) is 5.41 Å². The van der Waals surface area contributed by atoms with Crippen LogP contribution in [0.1, 0.15) is 22.3 Å². The van der Waals surface area contributed by atoms with Crippen LogP contribution in [-0.4, -0.2) is 0 Å². The lowest BCUT2D eigenvalue weighted by Crippen LogP contribution is -2.28. The minimum Gasteiger partial charge on any atom is -0.0622 e. The fourth-order valence-electron chi connectivity index (χ4n) is 9.89. The molecule has 0 bridgehead atoms. The van der Waals surface area contributed by atoms with Crippen molar-refractivity contribution >= 4 is 53.9 Å². The van der Waals surface area contributed by atoms with Crippen LogP contribution in [0.2, 0.25) is 0 Å². The number of rotatable bonds is 4. The minimum absolute atomic E-state index is 0.466. The minimum atomic E-state index is -0.466. The lowest BCUT2D eigenvalue weighted by molar-refractivity contribution is 0.770. The first-order valence-corrected chi connectivity index (χ1v) is 19.2. The molecule has 0 nitrogen and oxygen atoms in total. The molecular formula is C55H34. The Balaban J connectivity index is 1.06. The second-order valence-corrected chi connectivity index (χ2v) is 15.3. The van der Waals surface area contributed by atoms with E-state index in [1.807, 2.05) is 0 Å². The van der Waals surface area contributed by atoms with Crippen LogP contribution in [0.5, 0.6) is 0 Å². The summed E-state index contributed by atoms with van der Waals surface area (Å²) in [4.78, 5) is 0. The molecule has 0 saturated carbocycles. The van der Waals surface area contributed by atoms with Gasteiger partial charge in [-0.15, -0.1) is 0 Å². The predicted molar refractivity (Wildman–Crippen MR) is 233 cm³/mol. The van der Waals surface area contributed by atoms with E-state index in [-0.39, 0.29) is 0 Å². The van der Waals surface area contributed by atoms with Gasteiger partial charge in [-0.2, -0.15) is 0 Å². The Hall–Kier alpha value is -7.02. The average molecular weight is 695 g/mol. The summed E-state index contributed by atoms with van der Waals surface area (Å²) >= 11 is 0. The van der Waals surface area contributed by atoms with Gasteiger partial charge in [0.2, 0.25) is 0 Å². The largest absolute Gasteiger partial charge is 0.0714 e. The Morgan fingerprint density at radius 3 is 1.20 bits per heavy atom. The van der Waals surface area contributed by atoms with E-state index >= 15 is 0 Å². The summed E-state index contributed by atoms with van der Waals surface area (Å²) in [6, 6.07) is 77.3. The smallest absolute Gasteiger partial charge is 0.0622 e. The van der Waals surface area contributed by atoms with Gasteiger partial charge in [-0.3, -0.25) is 0 Å². The molecule has 0 fully saturated rings. The number of hydrogen-bond donors (Lipinski definition) is 0. The molecule has 12 rings (SSSR count). The van der Waals surface area contributed by atoms with E-state index in [9.17, 15) is 0 Å². The molecule has 0 radical (unpaired) electrons. The van der Waals surface area contributed by atoms with Gasteiger partial charge in [-0.25, -0.2) is 0 Å². The molecule has 0 N–H and O–H groups in total. The number of benzene rings is 11. The van der Waals surface area contributed by atoms with Gasteiger partial charge in [0, 0.05) is 0 Å². The topological polar surface area (TPSA) is 0 Å². The fraction of sp³-hybridized carbons (Fsp3) is 0.0182. The van der Waals surface area contributed by atoms with E-state index in [0.717, 1.165) is 0 Å². The van der Waals surface area contributed by atoms with Gasteiger partial charge in [0.05, 0.1) is 5.41 Å². The van der Waals surface area contributed by atoms with Gasteiger partial charge >= 0.3 is 0 Å². The fourth-order valence-corrected chi connectivity index (χ4v) is 9.89. The van der Waals surface area contributed by atoms with Crippen molar-refractivity contribution in [1.29, 1.82) is 0 Å². The highest BCUT2D eigenvalue weighted by Crippen LogP contribution is 2.57. The Kier molecular flexibility index (Phi) is 6.36. The zero-order valence-electron chi connectivity index (χ0n) is 30.1. The summed E-state index contributed by atoms with van der Waals surface area (Å²) in [7, 11) is 0. The van der Waals surface area contributed by atoms with Crippen molar-refractivity contribution < 1.29 is 0 Å². The van der Waals surface area contributed by atoms with Crippen LogP contribution >= 0.6 is 0 Å². The average Bonchev–Trinajstić information content (AvgIpc) is 3.54. The lowest BCUT2D eigenvalue weighted by atomic mass is 9.67. The molecular weight excluding hydrogens is 661 g/mol. The quantitative estimate of drug-likeness (QED) is 0.161. The van der Waals surface area contributed by atoms with E-state index < -0.39 is 5.41 Å². The summed E-state index contributed by atoms with van der Waals surface area (Å²) < 4.78 is 0. The van der Waals surface area contributed by atoms with E-state index in [1.165, 1.54) is 109 Å². The Morgan fingerprint density at radius 2 is 0.636 bits per heavy atom. The maximum atomic E-state index is 2.49. The van der Waals surface area contributed by atoms with Crippen molar-refractivity contribution in [2.24, 2.45) is 0 Å². The first-order chi connectivity index (χ1) is 27.2. The van der Waals surface area contributed by atoms with Crippen LogP contribution in [0.3, 0.4) is 0 Å². The second kappa shape index (κ2) is 11.5. The Labute approximate surface area is 319 Å². The van der Waals surface area contributed by atoms with Gasteiger partial charge in [-0.1, -0.05) is 158 Å². The van der Waals surface area contributed by atoms with Gasteiger partial charge in [0.1, 0.15) is 0 Å². The summed E-state index contributed by atoms with van der Waals surface area (Å²) in [6.07, 6.45) is 0. The number of hydrogen-bond acceptors (Lipinski definition) is 0. The molecule has 0 spiro atoms. The van der Waals surface area contributed by atoms with Gasteiger partial charge in [-0.05, 0) is 158 Å². The summed E-state index contributed by atoms with van der Waals surface area (Å²) in [5, 5.41) is 12.9. The van der Waals surface area contributed by atoms with Crippen molar-refractivity contribution in [3.63, 3.8) is 0 Å². The van der Waals surface area contributed by atoms with Crippen LogP contribution in [0.4, 0.5) is 0 Å². The molecule has 1 aliphatic carbocycles. The van der Waals surface area contributed by atoms with Gasteiger partial charge in [0.15, 0.2) is 0 Å². The summed E-state index contributed by atoms with van der Waals surface area (Å²) in [6.45, 7) is 0.